The van der Waals surface area contributed by atoms with Crippen molar-refractivity contribution in [1.29, 1.82) is 0 Å². The highest BCUT2D eigenvalue weighted by Crippen LogP contribution is 2.28. The number of hydrogen-bond acceptors (Lipinski definition) is 2. The van der Waals surface area contributed by atoms with Crippen molar-refractivity contribution in [1.82, 2.24) is 4.98 Å². The maximum absolute atomic E-state index is 13.3. The van der Waals surface area contributed by atoms with E-state index in [-0.39, 0.29) is 20.9 Å². The highest BCUT2D eigenvalue weighted by atomic mass is 79.9. The Hall–Kier alpha value is -1.56. The van der Waals surface area contributed by atoms with Crippen LogP contribution in [0.5, 0.6) is 0 Å². The molecule has 3 nitrogen and oxygen atoms in total. The number of aromatic carboxylic acids is 1. The van der Waals surface area contributed by atoms with Gasteiger partial charge in [0.1, 0.15) is 11.3 Å². The second-order valence-corrected chi connectivity index (χ2v) is 3.87. The van der Waals surface area contributed by atoms with Gasteiger partial charge in [0.15, 0.2) is 5.82 Å². The van der Waals surface area contributed by atoms with Crippen molar-refractivity contribution in [2.45, 2.75) is 0 Å². The lowest BCUT2D eigenvalue weighted by Crippen LogP contribution is -2.00. The van der Waals surface area contributed by atoms with Crippen LogP contribution in [0.1, 0.15) is 10.4 Å². The van der Waals surface area contributed by atoms with Gasteiger partial charge >= 0.3 is 5.97 Å². The van der Waals surface area contributed by atoms with Crippen LogP contribution in [-0.4, -0.2) is 16.1 Å². The zero-order valence-electron chi connectivity index (χ0n) is 7.67. The predicted octanol–water partition coefficient (Wildman–Crippen LogP) is 2.97. The lowest BCUT2D eigenvalue weighted by molar-refractivity contribution is 0.0695. The maximum atomic E-state index is 13.3. The molecule has 0 bridgehead atoms. The Labute approximate surface area is 96.9 Å². The molecule has 1 aromatic carbocycles. The van der Waals surface area contributed by atoms with E-state index in [0.29, 0.717) is 6.07 Å². The second kappa shape index (κ2) is 3.79. The van der Waals surface area contributed by atoms with Gasteiger partial charge < -0.3 is 5.11 Å². The zero-order chi connectivity index (χ0) is 11.9. The molecule has 1 heterocycles. The van der Waals surface area contributed by atoms with Crippen molar-refractivity contribution in [3.05, 3.63) is 40.0 Å². The first kappa shape index (κ1) is 10.9. The van der Waals surface area contributed by atoms with E-state index in [2.05, 4.69) is 20.9 Å². The molecule has 0 aliphatic rings. The van der Waals surface area contributed by atoms with Crippen molar-refractivity contribution in [2.75, 3.05) is 0 Å². The number of carboxylic acid groups (broad SMARTS) is 1. The third kappa shape index (κ3) is 1.65. The standard InChI is InChI=1S/C10H4BrF2NO2/c11-8-5-1-4(12)2-7(13)9(5)14-3-6(8)10(15)16/h1-3H,(H,15,16). The number of nitrogens with zero attached hydrogens (tertiary/aromatic N) is 1. The summed E-state index contributed by atoms with van der Waals surface area (Å²) in [4.78, 5) is 14.4. The Balaban J connectivity index is 2.89. The summed E-state index contributed by atoms with van der Waals surface area (Å²) in [7, 11) is 0. The van der Waals surface area contributed by atoms with E-state index in [1.165, 1.54) is 0 Å². The highest BCUT2D eigenvalue weighted by Gasteiger charge is 2.15. The number of carbonyl (C=O) groups is 1. The summed E-state index contributed by atoms with van der Waals surface area (Å²) in [5, 5.41) is 8.90. The predicted molar refractivity (Wildman–Crippen MR) is 56.3 cm³/mol. The summed E-state index contributed by atoms with van der Waals surface area (Å²) < 4.78 is 26.4. The molecule has 0 spiro atoms. The topological polar surface area (TPSA) is 50.2 Å². The van der Waals surface area contributed by atoms with Crippen LogP contribution in [-0.2, 0) is 0 Å². The molecule has 0 saturated heterocycles. The molecule has 1 aromatic heterocycles. The summed E-state index contributed by atoms with van der Waals surface area (Å²) in [6, 6.07) is 1.73. The van der Waals surface area contributed by atoms with Gasteiger partial charge in [-0.1, -0.05) is 0 Å². The van der Waals surface area contributed by atoms with Crippen LogP contribution in [0.2, 0.25) is 0 Å². The van der Waals surface area contributed by atoms with Crippen molar-refractivity contribution >= 4 is 32.8 Å². The van der Waals surface area contributed by atoms with Crippen molar-refractivity contribution in [2.24, 2.45) is 0 Å². The first-order valence-corrected chi connectivity index (χ1v) is 4.96. The van der Waals surface area contributed by atoms with Crippen LogP contribution in [0.3, 0.4) is 0 Å². The van der Waals surface area contributed by atoms with Gasteiger partial charge in [-0.2, -0.15) is 0 Å². The molecule has 0 atom stereocenters. The van der Waals surface area contributed by atoms with Crippen LogP contribution < -0.4 is 0 Å². The Bertz CT molecular complexity index is 601. The van der Waals surface area contributed by atoms with Crippen LogP contribution in [0.4, 0.5) is 8.78 Å². The number of aromatic nitrogens is 1. The molecular formula is C10H4BrF2NO2. The third-order valence-electron chi connectivity index (χ3n) is 2.05. The van der Waals surface area contributed by atoms with Crippen molar-refractivity contribution < 1.29 is 18.7 Å². The third-order valence-corrected chi connectivity index (χ3v) is 2.91. The monoisotopic (exact) mass is 287 g/mol. The molecule has 2 rings (SSSR count). The van der Waals surface area contributed by atoms with Crippen LogP contribution in [0.15, 0.2) is 22.8 Å². The number of fused-ring (bicyclic) bond motifs is 1. The minimum absolute atomic E-state index is 0.0710. The van der Waals surface area contributed by atoms with Crippen LogP contribution >= 0.6 is 15.9 Å². The largest absolute Gasteiger partial charge is 0.478 e. The summed E-state index contributed by atoms with van der Waals surface area (Å²) in [6.07, 6.45) is 1.02. The zero-order valence-corrected chi connectivity index (χ0v) is 9.25. The molecule has 0 amide bonds. The summed E-state index contributed by atoms with van der Waals surface area (Å²) in [5.41, 5.74) is -0.212. The molecule has 82 valence electrons. The fourth-order valence-electron chi connectivity index (χ4n) is 1.34. The van der Waals surface area contributed by atoms with Gasteiger partial charge in [-0.25, -0.2) is 13.6 Å². The minimum Gasteiger partial charge on any atom is -0.478 e. The van der Waals surface area contributed by atoms with Gasteiger partial charge in [0.2, 0.25) is 0 Å². The van der Waals surface area contributed by atoms with E-state index < -0.39 is 17.6 Å². The van der Waals surface area contributed by atoms with E-state index in [9.17, 15) is 13.6 Å². The molecule has 6 heteroatoms. The fraction of sp³-hybridized carbons (Fsp3) is 0. The fourth-order valence-corrected chi connectivity index (χ4v) is 1.92. The van der Waals surface area contributed by atoms with E-state index in [1.54, 1.807) is 0 Å². The minimum atomic E-state index is -1.22. The first-order chi connectivity index (χ1) is 7.50. The number of pyridine rings is 1. The second-order valence-electron chi connectivity index (χ2n) is 3.07. The molecule has 16 heavy (non-hydrogen) atoms. The molecule has 0 aliphatic carbocycles. The van der Waals surface area contributed by atoms with E-state index in [1.807, 2.05) is 0 Å². The smallest absolute Gasteiger partial charge is 0.338 e. The summed E-state index contributed by atoms with van der Waals surface area (Å²) in [5.74, 6) is -2.83. The number of carboxylic acids is 1. The Morgan fingerprint density at radius 2 is 2.06 bits per heavy atom. The molecule has 0 saturated carbocycles. The molecular weight excluding hydrogens is 284 g/mol. The first-order valence-electron chi connectivity index (χ1n) is 4.17. The average molecular weight is 288 g/mol. The molecule has 0 radical (unpaired) electrons. The maximum Gasteiger partial charge on any atom is 0.338 e. The number of hydrogen-bond donors (Lipinski definition) is 1. The molecule has 2 aromatic rings. The van der Waals surface area contributed by atoms with Crippen molar-refractivity contribution in [3.8, 4) is 0 Å². The summed E-state index contributed by atoms with van der Waals surface area (Å²) in [6.45, 7) is 0. The van der Waals surface area contributed by atoms with E-state index in [4.69, 9.17) is 5.11 Å². The lowest BCUT2D eigenvalue weighted by atomic mass is 10.1. The number of rotatable bonds is 1. The Kier molecular flexibility index (Phi) is 2.59. The number of benzene rings is 1. The number of halogens is 3. The van der Waals surface area contributed by atoms with Gasteiger partial charge in [0, 0.05) is 22.1 Å². The van der Waals surface area contributed by atoms with Gasteiger partial charge in [-0.05, 0) is 22.0 Å². The van der Waals surface area contributed by atoms with Gasteiger partial charge in [0.25, 0.3) is 0 Å². The van der Waals surface area contributed by atoms with Crippen LogP contribution in [0.25, 0.3) is 10.9 Å². The Morgan fingerprint density at radius 1 is 1.38 bits per heavy atom. The lowest BCUT2D eigenvalue weighted by Gasteiger charge is -2.04. The SMILES string of the molecule is O=C(O)c1cnc2c(F)cc(F)cc2c1Br. The van der Waals surface area contributed by atoms with Gasteiger partial charge in [-0.3, -0.25) is 4.98 Å². The quantitative estimate of drug-likeness (QED) is 0.877. The highest BCUT2D eigenvalue weighted by molar-refractivity contribution is 9.10. The van der Waals surface area contributed by atoms with Crippen molar-refractivity contribution in [3.63, 3.8) is 0 Å². The summed E-state index contributed by atoms with van der Waals surface area (Å²) >= 11 is 3.00. The van der Waals surface area contributed by atoms with E-state index in [0.717, 1.165) is 12.3 Å². The molecule has 1 N–H and O–H groups in total. The van der Waals surface area contributed by atoms with E-state index >= 15 is 0 Å². The average Bonchev–Trinajstić information content (AvgIpc) is 2.19. The van der Waals surface area contributed by atoms with Crippen LogP contribution in [0, 0.1) is 11.6 Å². The van der Waals surface area contributed by atoms with Gasteiger partial charge in [-0.15, -0.1) is 0 Å². The van der Waals surface area contributed by atoms with Gasteiger partial charge in [0.05, 0.1) is 5.56 Å². The normalized spacial score (nSPS) is 10.7. The molecule has 0 unspecified atom stereocenters. The molecule has 0 aliphatic heterocycles. The molecule has 0 fully saturated rings. The Morgan fingerprint density at radius 3 is 2.69 bits per heavy atom.